The van der Waals surface area contributed by atoms with E-state index in [0.717, 1.165) is 0 Å². The van der Waals surface area contributed by atoms with Gasteiger partial charge >= 0.3 is 5.97 Å². The first-order valence-corrected chi connectivity index (χ1v) is 8.31. The Balaban J connectivity index is 3.11. The molecule has 0 bridgehead atoms. The maximum atomic E-state index is 12.4. The van der Waals surface area contributed by atoms with E-state index < -0.39 is 21.5 Å². The summed E-state index contributed by atoms with van der Waals surface area (Å²) in [6.07, 6.45) is -0.0173. The van der Waals surface area contributed by atoms with E-state index in [2.05, 4.69) is 20.7 Å². The van der Waals surface area contributed by atoms with E-state index in [1.807, 2.05) is 6.07 Å². The Labute approximate surface area is 132 Å². The Morgan fingerprint density at radius 2 is 2.10 bits per heavy atom. The Bertz CT molecular complexity index is 693. The fraction of sp³-hybridized carbons (Fsp3) is 0.385. The van der Waals surface area contributed by atoms with E-state index in [1.54, 1.807) is 19.9 Å². The van der Waals surface area contributed by atoms with Crippen LogP contribution >= 0.6 is 15.9 Å². The highest BCUT2D eigenvalue weighted by atomic mass is 79.9. The summed E-state index contributed by atoms with van der Waals surface area (Å²) < 4.78 is 27.6. The van der Waals surface area contributed by atoms with E-state index in [1.165, 1.54) is 12.1 Å². The zero-order chi connectivity index (χ0) is 16.3. The predicted molar refractivity (Wildman–Crippen MR) is 80.1 cm³/mol. The number of carboxylic acids is 1. The molecule has 0 unspecified atom stereocenters. The van der Waals surface area contributed by atoms with Crippen LogP contribution in [0.25, 0.3) is 0 Å². The van der Waals surface area contributed by atoms with Crippen LogP contribution in [-0.2, 0) is 14.8 Å². The summed E-state index contributed by atoms with van der Waals surface area (Å²) in [4.78, 5) is 10.5. The molecule has 6 nitrogen and oxygen atoms in total. The number of hydrogen-bond donors (Lipinski definition) is 2. The Morgan fingerprint density at radius 1 is 1.48 bits per heavy atom. The third-order valence-electron chi connectivity index (χ3n) is 2.75. The minimum absolute atomic E-state index is 0.0130. The van der Waals surface area contributed by atoms with Crippen LogP contribution in [0.5, 0.6) is 0 Å². The molecule has 0 aliphatic rings. The lowest BCUT2D eigenvalue weighted by Gasteiger charge is -2.25. The molecule has 0 amide bonds. The molecule has 114 valence electrons. The molecule has 0 spiro atoms. The number of nitrogens with zero attached hydrogens (tertiary/aromatic N) is 1. The maximum absolute atomic E-state index is 12.4. The first-order chi connectivity index (χ1) is 9.59. The van der Waals surface area contributed by atoms with Crippen molar-refractivity contribution in [2.45, 2.75) is 37.1 Å². The van der Waals surface area contributed by atoms with Gasteiger partial charge < -0.3 is 5.11 Å². The van der Waals surface area contributed by atoms with Crippen molar-refractivity contribution in [2.75, 3.05) is 0 Å². The fourth-order valence-corrected chi connectivity index (χ4v) is 3.93. The molecule has 0 aliphatic heterocycles. The molecule has 8 heteroatoms. The lowest BCUT2D eigenvalue weighted by Crippen LogP contribution is -2.43. The number of nitriles is 1. The van der Waals surface area contributed by atoms with Gasteiger partial charge in [-0.05, 0) is 48.3 Å². The van der Waals surface area contributed by atoms with Crippen molar-refractivity contribution in [1.82, 2.24) is 4.72 Å². The summed E-state index contributed by atoms with van der Waals surface area (Å²) in [5.41, 5.74) is -0.925. The third kappa shape index (κ3) is 4.81. The molecule has 0 radical (unpaired) electrons. The van der Waals surface area contributed by atoms with Gasteiger partial charge in [0.2, 0.25) is 10.0 Å². The van der Waals surface area contributed by atoms with Gasteiger partial charge in [0.05, 0.1) is 5.56 Å². The Morgan fingerprint density at radius 3 is 2.62 bits per heavy atom. The van der Waals surface area contributed by atoms with Crippen LogP contribution in [0.3, 0.4) is 0 Å². The average Bonchev–Trinajstić information content (AvgIpc) is 2.35. The van der Waals surface area contributed by atoms with Crippen molar-refractivity contribution >= 4 is 31.9 Å². The van der Waals surface area contributed by atoms with Crippen molar-refractivity contribution in [1.29, 1.82) is 5.26 Å². The van der Waals surface area contributed by atoms with E-state index >= 15 is 0 Å². The van der Waals surface area contributed by atoms with Gasteiger partial charge in [-0.2, -0.15) is 5.26 Å². The van der Waals surface area contributed by atoms with Gasteiger partial charge in [0.25, 0.3) is 0 Å². The van der Waals surface area contributed by atoms with E-state index in [4.69, 9.17) is 10.4 Å². The van der Waals surface area contributed by atoms with E-state index in [0.29, 0.717) is 4.47 Å². The molecule has 0 fully saturated rings. The van der Waals surface area contributed by atoms with Crippen molar-refractivity contribution in [2.24, 2.45) is 0 Å². The Kier molecular flexibility index (Phi) is 5.50. The summed E-state index contributed by atoms with van der Waals surface area (Å²) in [5, 5.41) is 17.8. The smallest absolute Gasteiger partial charge is 0.303 e. The molecule has 0 heterocycles. The quantitative estimate of drug-likeness (QED) is 0.793. The molecule has 0 aromatic heterocycles. The normalized spacial score (nSPS) is 11.9. The number of carboxylic acid groups (broad SMARTS) is 1. The van der Waals surface area contributed by atoms with Crippen molar-refractivity contribution in [3.8, 4) is 6.07 Å². The standard InChI is InChI=1S/C13H15BrN2O4S/c1-13(2,7-6-12(17)18)16-21(19,20)11-5-3-4-10(14)9(11)8-15/h3-5,16H,6-7H2,1-2H3,(H,17,18). The zero-order valence-electron chi connectivity index (χ0n) is 11.6. The number of halogens is 1. The van der Waals surface area contributed by atoms with Gasteiger partial charge in [-0.3, -0.25) is 4.79 Å². The highest BCUT2D eigenvalue weighted by Gasteiger charge is 2.29. The number of hydrogen-bond acceptors (Lipinski definition) is 4. The van der Waals surface area contributed by atoms with Crippen molar-refractivity contribution < 1.29 is 18.3 Å². The van der Waals surface area contributed by atoms with Gasteiger partial charge in [-0.25, -0.2) is 13.1 Å². The Hall–Kier alpha value is -1.43. The molecular weight excluding hydrogens is 360 g/mol. The minimum Gasteiger partial charge on any atom is -0.481 e. The maximum Gasteiger partial charge on any atom is 0.303 e. The lowest BCUT2D eigenvalue weighted by molar-refractivity contribution is -0.137. The third-order valence-corrected chi connectivity index (χ3v) is 5.15. The van der Waals surface area contributed by atoms with Gasteiger partial charge in [-0.1, -0.05) is 6.07 Å². The predicted octanol–water partition coefficient (Wildman–Crippen LogP) is 2.24. The zero-order valence-corrected chi connectivity index (χ0v) is 14.0. The van der Waals surface area contributed by atoms with Crippen molar-refractivity contribution in [3.05, 3.63) is 28.2 Å². The summed E-state index contributed by atoms with van der Waals surface area (Å²) in [7, 11) is -3.93. The van der Waals surface area contributed by atoms with E-state index in [9.17, 15) is 13.2 Å². The van der Waals surface area contributed by atoms with Crippen LogP contribution in [-0.4, -0.2) is 25.0 Å². The van der Waals surface area contributed by atoms with Crippen LogP contribution < -0.4 is 4.72 Å². The van der Waals surface area contributed by atoms with Gasteiger partial charge in [0.15, 0.2) is 0 Å². The number of rotatable bonds is 6. The summed E-state index contributed by atoms with van der Waals surface area (Å²) >= 11 is 3.14. The minimum atomic E-state index is -3.93. The molecule has 0 saturated carbocycles. The van der Waals surface area contributed by atoms with Crippen LogP contribution in [0.1, 0.15) is 32.3 Å². The highest BCUT2D eigenvalue weighted by Crippen LogP contribution is 2.25. The molecule has 0 atom stereocenters. The van der Waals surface area contributed by atoms with Crippen LogP contribution in [0.2, 0.25) is 0 Å². The summed E-state index contributed by atoms with van der Waals surface area (Å²) in [5.74, 6) is -0.998. The number of aliphatic carboxylic acids is 1. The second-order valence-corrected chi connectivity index (χ2v) is 7.61. The topological polar surface area (TPSA) is 107 Å². The SMILES string of the molecule is CC(C)(CCC(=O)O)NS(=O)(=O)c1cccc(Br)c1C#N. The second-order valence-electron chi connectivity index (χ2n) is 5.11. The molecule has 1 rings (SSSR count). The summed E-state index contributed by atoms with van der Waals surface area (Å²) in [6.45, 7) is 3.19. The van der Waals surface area contributed by atoms with Crippen LogP contribution in [0, 0.1) is 11.3 Å². The number of carbonyl (C=O) groups is 1. The fourth-order valence-electron chi connectivity index (χ4n) is 1.73. The van der Waals surface area contributed by atoms with Gasteiger partial charge in [0, 0.05) is 16.4 Å². The first kappa shape index (κ1) is 17.6. The average molecular weight is 375 g/mol. The van der Waals surface area contributed by atoms with Crippen LogP contribution in [0.15, 0.2) is 27.6 Å². The lowest BCUT2D eigenvalue weighted by atomic mass is 10.0. The van der Waals surface area contributed by atoms with Gasteiger partial charge in [0.1, 0.15) is 11.0 Å². The molecule has 2 N–H and O–H groups in total. The van der Waals surface area contributed by atoms with Crippen molar-refractivity contribution in [3.63, 3.8) is 0 Å². The molecule has 1 aromatic carbocycles. The first-order valence-electron chi connectivity index (χ1n) is 6.03. The number of nitrogens with one attached hydrogen (secondary N) is 1. The van der Waals surface area contributed by atoms with E-state index in [-0.39, 0.29) is 23.3 Å². The molecule has 1 aromatic rings. The largest absolute Gasteiger partial charge is 0.481 e. The van der Waals surface area contributed by atoms with Crippen LogP contribution in [0.4, 0.5) is 0 Å². The monoisotopic (exact) mass is 374 g/mol. The molecule has 0 saturated heterocycles. The molecular formula is C13H15BrN2O4S. The molecule has 21 heavy (non-hydrogen) atoms. The second kappa shape index (κ2) is 6.56. The number of sulfonamides is 1. The highest BCUT2D eigenvalue weighted by molar-refractivity contribution is 9.10. The van der Waals surface area contributed by atoms with Gasteiger partial charge in [-0.15, -0.1) is 0 Å². The number of benzene rings is 1. The summed E-state index contributed by atoms with van der Waals surface area (Å²) in [6, 6.07) is 6.27. The molecule has 0 aliphatic carbocycles.